The van der Waals surface area contributed by atoms with Crippen molar-refractivity contribution >= 4 is 33.6 Å². The van der Waals surface area contributed by atoms with Gasteiger partial charge in [0.25, 0.3) is 5.91 Å². The lowest BCUT2D eigenvalue weighted by Crippen LogP contribution is -2.30. The van der Waals surface area contributed by atoms with Gasteiger partial charge in [-0.15, -0.1) is 0 Å². The minimum atomic E-state index is -3.84. The lowest BCUT2D eigenvalue weighted by atomic mass is 10.1. The molecule has 9 heteroatoms. The second kappa shape index (κ2) is 12.8. The third-order valence-corrected chi connectivity index (χ3v) is 7.77. The lowest BCUT2D eigenvalue weighted by Gasteiger charge is -2.09. The van der Waals surface area contributed by atoms with Crippen molar-refractivity contribution in [2.75, 3.05) is 6.61 Å². The molecule has 0 radical (unpaired) electrons. The number of sulfonamides is 1. The van der Waals surface area contributed by atoms with Gasteiger partial charge in [-0.2, -0.15) is 5.10 Å². The maximum absolute atomic E-state index is 12.5. The highest BCUT2D eigenvalue weighted by Gasteiger charge is 2.15. The van der Waals surface area contributed by atoms with E-state index in [1.807, 2.05) is 62.5 Å². The third-order valence-electron chi connectivity index (χ3n) is 5.95. The Labute approximate surface area is 234 Å². The topological polar surface area (TPSA) is 90.3 Å². The SMILES string of the molecule is Cc1cc(OCCCc2nn(-c3ccccc3)cc2/C=C/C(=O)NS(=O)(=O)Cc2ccccc2)cc(C)c1Cl. The van der Waals surface area contributed by atoms with Gasteiger partial charge in [0.05, 0.1) is 23.7 Å². The van der Waals surface area contributed by atoms with Gasteiger partial charge in [-0.25, -0.2) is 17.8 Å². The molecule has 1 amide bonds. The highest BCUT2D eigenvalue weighted by atomic mass is 35.5. The van der Waals surface area contributed by atoms with Gasteiger partial charge in [0.1, 0.15) is 5.75 Å². The summed E-state index contributed by atoms with van der Waals surface area (Å²) in [6.45, 7) is 4.36. The molecule has 1 heterocycles. The molecule has 0 spiro atoms. The molecule has 202 valence electrons. The van der Waals surface area contributed by atoms with Gasteiger partial charge < -0.3 is 4.74 Å². The molecule has 0 fully saturated rings. The molecular weight excluding hydrogens is 534 g/mol. The first kappa shape index (κ1) is 28.1. The Kier molecular flexibility index (Phi) is 9.22. The average molecular weight is 564 g/mol. The van der Waals surface area contributed by atoms with Crippen molar-refractivity contribution in [3.05, 3.63) is 118 Å². The first-order valence-corrected chi connectivity index (χ1v) is 14.5. The maximum Gasteiger partial charge on any atom is 0.257 e. The zero-order chi connectivity index (χ0) is 27.8. The van der Waals surface area contributed by atoms with Crippen molar-refractivity contribution in [1.82, 2.24) is 14.5 Å². The summed E-state index contributed by atoms with van der Waals surface area (Å²) in [6, 6.07) is 22.2. The van der Waals surface area contributed by atoms with E-state index in [0.29, 0.717) is 30.6 Å². The zero-order valence-corrected chi connectivity index (χ0v) is 23.4. The summed E-state index contributed by atoms with van der Waals surface area (Å²) in [6.07, 6.45) is 5.90. The van der Waals surface area contributed by atoms with Crippen molar-refractivity contribution in [3.8, 4) is 11.4 Å². The Morgan fingerprint density at radius 2 is 1.67 bits per heavy atom. The van der Waals surface area contributed by atoms with Gasteiger partial charge >= 0.3 is 0 Å². The standard InChI is InChI=1S/C30H30ClN3O4S/c1-22-18-27(19-23(2)30(22)31)38-17-9-14-28-25(20-34(32-28)26-12-7-4-8-13-26)15-16-29(35)33-39(36,37)21-24-10-5-3-6-11-24/h3-8,10-13,15-16,18-20H,9,14,17,21H2,1-2H3,(H,33,35)/b16-15+. The first-order valence-electron chi connectivity index (χ1n) is 12.5. The molecule has 0 atom stereocenters. The van der Waals surface area contributed by atoms with Crippen LogP contribution in [0.5, 0.6) is 5.75 Å². The summed E-state index contributed by atoms with van der Waals surface area (Å²) in [5, 5.41) is 5.45. The van der Waals surface area contributed by atoms with E-state index >= 15 is 0 Å². The Balaban J connectivity index is 1.44. The number of halogens is 1. The molecule has 0 aliphatic heterocycles. The number of amides is 1. The number of aryl methyl sites for hydroxylation is 3. The normalized spacial score (nSPS) is 11.6. The van der Waals surface area contributed by atoms with Crippen LogP contribution in [0.25, 0.3) is 11.8 Å². The van der Waals surface area contributed by atoms with E-state index in [-0.39, 0.29) is 5.75 Å². The smallest absolute Gasteiger partial charge is 0.257 e. The Morgan fingerprint density at radius 3 is 2.33 bits per heavy atom. The summed E-state index contributed by atoms with van der Waals surface area (Å²) in [5.41, 5.74) is 4.88. The molecule has 4 rings (SSSR count). The van der Waals surface area contributed by atoms with Crippen LogP contribution in [0, 0.1) is 13.8 Å². The molecule has 0 aliphatic rings. The molecule has 3 aromatic carbocycles. The Hall–Kier alpha value is -3.88. The van der Waals surface area contributed by atoms with Crippen LogP contribution < -0.4 is 9.46 Å². The largest absolute Gasteiger partial charge is 0.494 e. The summed E-state index contributed by atoms with van der Waals surface area (Å²) in [5.74, 6) is -0.240. The summed E-state index contributed by atoms with van der Waals surface area (Å²) in [7, 11) is -3.84. The molecule has 7 nitrogen and oxygen atoms in total. The highest BCUT2D eigenvalue weighted by molar-refractivity contribution is 7.89. The first-order chi connectivity index (χ1) is 18.7. The van der Waals surface area contributed by atoms with Crippen molar-refractivity contribution in [3.63, 3.8) is 0 Å². The van der Waals surface area contributed by atoms with Crippen LogP contribution in [0.4, 0.5) is 0 Å². The summed E-state index contributed by atoms with van der Waals surface area (Å²) >= 11 is 6.25. The van der Waals surface area contributed by atoms with Crippen molar-refractivity contribution < 1.29 is 17.9 Å². The number of para-hydroxylation sites is 1. The van der Waals surface area contributed by atoms with Gasteiger partial charge in [0.15, 0.2) is 0 Å². The maximum atomic E-state index is 12.5. The molecule has 0 unspecified atom stereocenters. The van der Waals surface area contributed by atoms with Crippen LogP contribution in [0.15, 0.2) is 85.1 Å². The molecule has 0 bridgehead atoms. The van der Waals surface area contributed by atoms with E-state index in [9.17, 15) is 13.2 Å². The molecule has 0 saturated carbocycles. The molecule has 0 aliphatic carbocycles. The highest BCUT2D eigenvalue weighted by Crippen LogP contribution is 2.26. The van der Waals surface area contributed by atoms with Crippen molar-refractivity contribution in [1.29, 1.82) is 0 Å². The van der Waals surface area contributed by atoms with Crippen LogP contribution in [-0.4, -0.2) is 30.7 Å². The number of carbonyl (C=O) groups excluding carboxylic acids is 1. The Bertz CT molecular complexity index is 1540. The van der Waals surface area contributed by atoms with Crippen molar-refractivity contribution in [2.24, 2.45) is 0 Å². The number of hydrogen-bond acceptors (Lipinski definition) is 5. The second-order valence-corrected chi connectivity index (χ2v) is 11.3. The fraction of sp³-hybridized carbons (Fsp3) is 0.200. The number of ether oxygens (including phenoxy) is 1. The number of hydrogen-bond donors (Lipinski definition) is 1. The number of aromatic nitrogens is 2. The van der Waals surface area contributed by atoms with E-state index in [2.05, 4.69) is 4.72 Å². The number of benzene rings is 3. The second-order valence-electron chi connectivity index (χ2n) is 9.18. The quantitative estimate of drug-likeness (QED) is 0.184. The van der Waals surface area contributed by atoms with Gasteiger partial charge in [-0.1, -0.05) is 60.1 Å². The molecule has 4 aromatic rings. The van der Waals surface area contributed by atoms with Gasteiger partial charge in [0.2, 0.25) is 10.0 Å². The van der Waals surface area contributed by atoms with Gasteiger partial charge in [0, 0.05) is 22.9 Å². The van der Waals surface area contributed by atoms with Crippen molar-refractivity contribution in [2.45, 2.75) is 32.4 Å². The minimum Gasteiger partial charge on any atom is -0.494 e. The Morgan fingerprint density at radius 1 is 1.03 bits per heavy atom. The van der Waals surface area contributed by atoms with Crippen LogP contribution in [0.2, 0.25) is 5.02 Å². The van der Waals surface area contributed by atoms with E-state index in [1.165, 1.54) is 6.08 Å². The minimum absolute atomic E-state index is 0.280. The average Bonchev–Trinajstić information content (AvgIpc) is 3.32. The molecule has 1 aromatic heterocycles. The van der Waals surface area contributed by atoms with Crippen LogP contribution in [0.1, 0.15) is 34.4 Å². The molecular formula is C30H30ClN3O4S. The van der Waals surface area contributed by atoms with E-state index in [4.69, 9.17) is 21.4 Å². The van der Waals surface area contributed by atoms with E-state index in [0.717, 1.165) is 33.3 Å². The zero-order valence-electron chi connectivity index (χ0n) is 21.8. The van der Waals surface area contributed by atoms with E-state index < -0.39 is 15.9 Å². The van der Waals surface area contributed by atoms with Gasteiger partial charge in [-0.3, -0.25) is 4.79 Å². The molecule has 0 saturated heterocycles. The van der Waals surface area contributed by atoms with Crippen LogP contribution in [0.3, 0.4) is 0 Å². The number of nitrogens with zero attached hydrogens (tertiary/aromatic N) is 2. The van der Waals surface area contributed by atoms with E-state index in [1.54, 1.807) is 41.1 Å². The monoisotopic (exact) mass is 563 g/mol. The van der Waals surface area contributed by atoms with Gasteiger partial charge in [-0.05, 0) is 73.7 Å². The summed E-state index contributed by atoms with van der Waals surface area (Å²) in [4.78, 5) is 12.5. The third kappa shape index (κ3) is 8.05. The predicted octanol–water partition coefficient (Wildman–Crippen LogP) is 5.81. The number of rotatable bonds is 11. The predicted molar refractivity (Wildman–Crippen MR) is 155 cm³/mol. The lowest BCUT2D eigenvalue weighted by molar-refractivity contribution is -0.114. The fourth-order valence-corrected chi connectivity index (χ4v) is 5.26. The summed E-state index contributed by atoms with van der Waals surface area (Å²) < 4.78 is 34.6. The fourth-order valence-electron chi connectivity index (χ4n) is 4.07. The van der Waals surface area contributed by atoms with Crippen LogP contribution >= 0.6 is 11.6 Å². The molecule has 1 N–H and O–H groups in total. The molecule has 39 heavy (non-hydrogen) atoms. The number of nitrogens with one attached hydrogen (secondary N) is 1. The number of carbonyl (C=O) groups is 1. The van der Waals surface area contributed by atoms with Crippen LogP contribution in [-0.2, 0) is 27.0 Å².